The molecule has 0 aromatic heterocycles. The molecule has 4 nitrogen and oxygen atoms in total. The first-order valence-corrected chi connectivity index (χ1v) is 5.69. The summed E-state index contributed by atoms with van der Waals surface area (Å²) in [6.45, 7) is 4.11. The van der Waals surface area contributed by atoms with Crippen LogP contribution < -0.4 is 11.1 Å². The van der Waals surface area contributed by atoms with Gasteiger partial charge in [-0.2, -0.15) is 0 Å². The van der Waals surface area contributed by atoms with Gasteiger partial charge in [-0.05, 0) is 32.2 Å². The summed E-state index contributed by atoms with van der Waals surface area (Å²) < 4.78 is 4.92. The Kier molecular flexibility index (Phi) is 9.52. The Morgan fingerprint density at radius 3 is 2.73 bits per heavy atom. The molecular formula is C11H24N2O2. The molecule has 0 saturated carbocycles. The van der Waals surface area contributed by atoms with Crippen LogP contribution in [0, 0.1) is 5.92 Å². The second kappa shape index (κ2) is 9.93. The van der Waals surface area contributed by atoms with Gasteiger partial charge in [0.1, 0.15) is 0 Å². The summed E-state index contributed by atoms with van der Waals surface area (Å²) >= 11 is 0. The normalized spacial score (nSPS) is 12.5. The molecule has 0 bridgehead atoms. The zero-order valence-corrected chi connectivity index (χ0v) is 9.92. The van der Waals surface area contributed by atoms with Gasteiger partial charge in [0, 0.05) is 26.2 Å². The van der Waals surface area contributed by atoms with Gasteiger partial charge in [0.15, 0.2) is 0 Å². The van der Waals surface area contributed by atoms with Gasteiger partial charge in [0.05, 0.1) is 0 Å². The first-order valence-electron chi connectivity index (χ1n) is 5.69. The molecule has 0 aromatic carbocycles. The van der Waals surface area contributed by atoms with Crippen LogP contribution in [-0.4, -0.2) is 32.7 Å². The topological polar surface area (TPSA) is 64.3 Å². The lowest BCUT2D eigenvalue weighted by molar-refractivity contribution is -0.124. The molecule has 0 fully saturated rings. The largest absolute Gasteiger partial charge is 0.385 e. The van der Waals surface area contributed by atoms with Crippen LogP contribution >= 0.6 is 0 Å². The van der Waals surface area contributed by atoms with Crippen molar-refractivity contribution >= 4 is 5.91 Å². The lowest BCUT2D eigenvalue weighted by atomic mass is 10.1. The van der Waals surface area contributed by atoms with Crippen LogP contribution in [0.4, 0.5) is 0 Å². The van der Waals surface area contributed by atoms with Gasteiger partial charge in [-0.3, -0.25) is 4.79 Å². The second-order valence-corrected chi connectivity index (χ2v) is 3.82. The van der Waals surface area contributed by atoms with Crippen LogP contribution in [-0.2, 0) is 9.53 Å². The van der Waals surface area contributed by atoms with Crippen molar-refractivity contribution in [3.05, 3.63) is 0 Å². The third kappa shape index (κ3) is 8.39. The molecule has 0 rings (SSSR count). The fourth-order valence-electron chi connectivity index (χ4n) is 1.31. The van der Waals surface area contributed by atoms with Gasteiger partial charge in [0.2, 0.25) is 5.91 Å². The van der Waals surface area contributed by atoms with E-state index in [1.54, 1.807) is 7.11 Å². The number of carbonyl (C=O) groups is 1. The highest BCUT2D eigenvalue weighted by atomic mass is 16.5. The van der Waals surface area contributed by atoms with Crippen LogP contribution in [0.25, 0.3) is 0 Å². The summed E-state index contributed by atoms with van der Waals surface area (Å²) in [5, 5.41) is 2.91. The van der Waals surface area contributed by atoms with Crippen LogP contribution in [0.2, 0.25) is 0 Å². The SMILES string of the molecule is COCCCCNC(=O)C(C)CCCN. The third-order valence-corrected chi connectivity index (χ3v) is 2.36. The molecule has 0 radical (unpaired) electrons. The average Bonchev–Trinajstić information content (AvgIpc) is 2.25. The van der Waals surface area contributed by atoms with Gasteiger partial charge in [0.25, 0.3) is 0 Å². The molecule has 0 aromatic rings. The van der Waals surface area contributed by atoms with Crippen molar-refractivity contribution in [1.29, 1.82) is 0 Å². The summed E-state index contributed by atoms with van der Waals surface area (Å²) in [5.41, 5.74) is 5.39. The van der Waals surface area contributed by atoms with Crippen LogP contribution in [0.5, 0.6) is 0 Å². The minimum absolute atomic E-state index is 0.0796. The molecule has 1 atom stereocenters. The van der Waals surface area contributed by atoms with E-state index < -0.39 is 0 Å². The lowest BCUT2D eigenvalue weighted by Crippen LogP contribution is -2.30. The molecular weight excluding hydrogens is 192 g/mol. The van der Waals surface area contributed by atoms with Crippen molar-refractivity contribution < 1.29 is 9.53 Å². The number of rotatable bonds is 9. The molecule has 1 amide bonds. The molecule has 3 N–H and O–H groups in total. The van der Waals surface area contributed by atoms with E-state index in [1.807, 2.05) is 6.92 Å². The predicted octanol–water partition coefficient (Wildman–Crippen LogP) is 0.904. The minimum Gasteiger partial charge on any atom is -0.385 e. The monoisotopic (exact) mass is 216 g/mol. The summed E-state index contributed by atoms with van der Waals surface area (Å²) in [6.07, 6.45) is 3.76. The Hall–Kier alpha value is -0.610. The molecule has 1 unspecified atom stereocenters. The fraction of sp³-hybridized carbons (Fsp3) is 0.909. The first-order chi connectivity index (χ1) is 7.22. The van der Waals surface area contributed by atoms with Gasteiger partial charge in [-0.1, -0.05) is 6.92 Å². The zero-order valence-electron chi connectivity index (χ0n) is 9.92. The van der Waals surface area contributed by atoms with E-state index in [-0.39, 0.29) is 11.8 Å². The van der Waals surface area contributed by atoms with E-state index >= 15 is 0 Å². The lowest BCUT2D eigenvalue weighted by Gasteiger charge is -2.11. The van der Waals surface area contributed by atoms with Crippen LogP contribution in [0.3, 0.4) is 0 Å². The molecule has 0 spiro atoms. The molecule has 0 heterocycles. The molecule has 0 saturated heterocycles. The number of unbranched alkanes of at least 4 members (excludes halogenated alkanes) is 1. The van der Waals surface area contributed by atoms with Gasteiger partial charge in [-0.15, -0.1) is 0 Å². The van der Waals surface area contributed by atoms with Crippen molar-refractivity contribution in [2.45, 2.75) is 32.6 Å². The smallest absolute Gasteiger partial charge is 0.222 e. The minimum atomic E-state index is 0.0796. The molecule has 0 aliphatic heterocycles. The average molecular weight is 216 g/mol. The molecule has 0 aliphatic carbocycles. The summed E-state index contributed by atoms with van der Waals surface area (Å²) in [6, 6.07) is 0. The Bertz CT molecular complexity index is 163. The number of hydrogen-bond acceptors (Lipinski definition) is 3. The number of nitrogens with one attached hydrogen (secondary N) is 1. The standard InChI is InChI=1S/C11H24N2O2/c1-10(6-5-7-12)11(14)13-8-3-4-9-15-2/h10H,3-9,12H2,1-2H3,(H,13,14). The van der Waals surface area contributed by atoms with Gasteiger partial charge in [-0.25, -0.2) is 0 Å². The summed E-state index contributed by atoms with van der Waals surface area (Å²) in [7, 11) is 1.69. The summed E-state index contributed by atoms with van der Waals surface area (Å²) in [5.74, 6) is 0.219. The highest BCUT2D eigenvalue weighted by molar-refractivity contribution is 5.78. The van der Waals surface area contributed by atoms with E-state index in [0.29, 0.717) is 6.54 Å². The number of nitrogens with two attached hydrogens (primary N) is 1. The maximum Gasteiger partial charge on any atom is 0.222 e. The molecule has 4 heteroatoms. The Balaban J connectivity index is 3.38. The van der Waals surface area contributed by atoms with Gasteiger partial charge < -0.3 is 15.8 Å². The Morgan fingerprint density at radius 1 is 1.40 bits per heavy atom. The van der Waals surface area contributed by atoms with E-state index in [4.69, 9.17) is 10.5 Å². The first kappa shape index (κ1) is 14.4. The second-order valence-electron chi connectivity index (χ2n) is 3.82. The number of ether oxygens (including phenoxy) is 1. The Labute approximate surface area is 92.6 Å². The maximum absolute atomic E-state index is 11.5. The summed E-state index contributed by atoms with van der Waals surface area (Å²) in [4.78, 5) is 11.5. The molecule has 90 valence electrons. The van der Waals surface area contributed by atoms with E-state index in [9.17, 15) is 4.79 Å². The highest BCUT2D eigenvalue weighted by Gasteiger charge is 2.10. The van der Waals surface area contributed by atoms with E-state index in [1.165, 1.54) is 0 Å². The van der Waals surface area contributed by atoms with E-state index in [2.05, 4.69) is 5.32 Å². The zero-order chi connectivity index (χ0) is 11.5. The molecule has 0 aliphatic rings. The Morgan fingerprint density at radius 2 is 2.13 bits per heavy atom. The highest BCUT2D eigenvalue weighted by Crippen LogP contribution is 2.04. The maximum atomic E-state index is 11.5. The van der Waals surface area contributed by atoms with E-state index in [0.717, 1.165) is 38.8 Å². The number of carbonyl (C=O) groups excluding carboxylic acids is 1. The fourth-order valence-corrected chi connectivity index (χ4v) is 1.31. The quantitative estimate of drug-likeness (QED) is 0.563. The van der Waals surface area contributed by atoms with Crippen LogP contribution in [0.15, 0.2) is 0 Å². The van der Waals surface area contributed by atoms with Crippen LogP contribution in [0.1, 0.15) is 32.6 Å². The van der Waals surface area contributed by atoms with Crippen molar-refractivity contribution in [2.75, 3.05) is 26.8 Å². The van der Waals surface area contributed by atoms with Crippen molar-refractivity contribution in [1.82, 2.24) is 5.32 Å². The molecule has 15 heavy (non-hydrogen) atoms. The van der Waals surface area contributed by atoms with Crippen molar-refractivity contribution in [3.63, 3.8) is 0 Å². The van der Waals surface area contributed by atoms with Crippen molar-refractivity contribution in [2.24, 2.45) is 11.7 Å². The number of methoxy groups -OCH3 is 1. The van der Waals surface area contributed by atoms with Crippen molar-refractivity contribution in [3.8, 4) is 0 Å². The number of amides is 1. The predicted molar refractivity (Wildman–Crippen MR) is 61.6 cm³/mol. The van der Waals surface area contributed by atoms with Gasteiger partial charge >= 0.3 is 0 Å². The number of hydrogen-bond donors (Lipinski definition) is 2. The third-order valence-electron chi connectivity index (χ3n) is 2.36.